The average Bonchev–Trinajstić information content (AvgIpc) is 2.11. The molecule has 2 nitrogen and oxygen atoms in total. The Bertz CT molecular complexity index is 152. The standard InChI is InChI=1S/C8H14F4O2/c1-3-5-13-6(4-2)14-8(11,12)7(9)10/h6-7H,3-5H2,1-2H3. The normalized spacial score (nSPS) is 14.8. The van der Waals surface area contributed by atoms with E-state index in [1.807, 2.05) is 0 Å². The number of ether oxygens (including phenoxy) is 2. The molecule has 0 radical (unpaired) electrons. The second-order valence-corrected chi connectivity index (χ2v) is 2.69. The first kappa shape index (κ1) is 13.6. The summed E-state index contributed by atoms with van der Waals surface area (Å²) in [4.78, 5) is 0. The molecular formula is C8H14F4O2. The van der Waals surface area contributed by atoms with E-state index in [9.17, 15) is 17.6 Å². The molecule has 0 aliphatic heterocycles. The highest BCUT2D eigenvalue weighted by Gasteiger charge is 2.44. The molecule has 0 N–H and O–H groups in total. The molecule has 6 heteroatoms. The van der Waals surface area contributed by atoms with Crippen LogP contribution in [0.25, 0.3) is 0 Å². The topological polar surface area (TPSA) is 18.5 Å². The van der Waals surface area contributed by atoms with E-state index in [0.717, 1.165) is 0 Å². The van der Waals surface area contributed by atoms with Crippen LogP contribution in [0.4, 0.5) is 17.6 Å². The maximum Gasteiger partial charge on any atom is 0.418 e. The molecule has 0 aliphatic rings. The molecule has 1 unspecified atom stereocenters. The van der Waals surface area contributed by atoms with Gasteiger partial charge in [0, 0.05) is 6.61 Å². The van der Waals surface area contributed by atoms with Crippen molar-refractivity contribution in [1.29, 1.82) is 0 Å². The van der Waals surface area contributed by atoms with Gasteiger partial charge in [0.05, 0.1) is 0 Å². The molecular weight excluding hydrogens is 204 g/mol. The fourth-order valence-corrected chi connectivity index (χ4v) is 0.711. The Kier molecular flexibility index (Phi) is 6.03. The zero-order chi connectivity index (χ0) is 11.2. The van der Waals surface area contributed by atoms with Crippen LogP contribution in [0.3, 0.4) is 0 Å². The second kappa shape index (κ2) is 6.19. The summed E-state index contributed by atoms with van der Waals surface area (Å²) in [6.45, 7) is 3.50. The Morgan fingerprint density at radius 1 is 1.21 bits per heavy atom. The summed E-state index contributed by atoms with van der Waals surface area (Å²) in [7, 11) is 0. The highest BCUT2D eigenvalue weighted by molar-refractivity contribution is 4.56. The van der Waals surface area contributed by atoms with E-state index >= 15 is 0 Å². The van der Waals surface area contributed by atoms with Crippen molar-refractivity contribution in [2.24, 2.45) is 0 Å². The van der Waals surface area contributed by atoms with Gasteiger partial charge in [0.25, 0.3) is 0 Å². The third-order valence-corrected chi connectivity index (χ3v) is 1.38. The summed E-state index contributed by atoms with van der Waals surface area (Å²) in [6.07, 6.45) is -8.84. The molecule has 0 bridgehead atoms. The fraction of sp³-hybridized carbons (Fsp3) is 1.00. The van der Waals surface area contributed by atoms with Crippen LogP contribution in [0.5, 0.6) is 0 Å². The Labute approximate surface area is 80.2 Å². The number of hydrogen-bond acceptors (Lipinski definition) is 2. The number of alkyl halides is 4. The van der Waals surface area contributed by atoms with Gasteiger partial charge in [-0.3, -0.25) is 4.74 Å². The van der Waals surface area contributed by atoms with Gasteiger partial charge in [-0.2, -0.15) is 8.78 Å². The van der Waals surface area contributed by atoms with Crippen LogP contribution >= 0.6 is 0 Å². The minimum Gasteiger partial charge on any atom is -0.352 e. The zero-order valence-corrected chi connectivity index (χ0v) is 8.10. The van der Waals surface area contributed by atoms with Gasteiger partial charge >= 0.3 is 12.5 Å². The summed E-state index contributed by atoms with van der Waals surface area (Å²) in [6, 6.07) is 0. The molecule has 86 valence electrons. The molecule has 0 rings (SSSR count). The second-order valence-electron chi connectivity index (χ2n) is 2.69. The van der Waals surface area contributed by atoms with Crippen molar-refractivity contribution in [2.45, 2.75) is 45.5 Å². The SMILES string of the molecule is CCCOC(CC)OC(F)(F)C(F)F. The third-order valence-electron chi connectivity index (χ3n) is 1.38. The molecule has 14 heavy (non-hydrogen) atoms. The average molecular weight is 218 g/mol. The summed E-state index contributed by atoms with van der Waals surface area (Å²) in [5, 5.41) is 0. The highest BCUT2D eigenvalue weighted by atomic mass is 19.3. The molecule has 0 aromatic rings. The van der Waals surface area contributed by atoms with Gasteiger partial charge in [-0.05, 0) is 12.8 Å². The van der Waals surface area contributed by atoms with Crippen LogP contribution < -0.4 is 0 Å². The van der Waals surface area contributed by atoms with Crippen molar-refractivity contribution in [1.82, 2.24) is 0 Å². The lowest BCUT2D eigenvalue weighted by molar-refractivity contribution is -0.356. The van der Waals surface area contributed by atoms with Crippen LogP contribution in [0.1, 0.15) is 26.7 Å². The van der Waals surface area contributed by atoms with Crippen LogP contribution in [0, 0.1) is 0 Å². The van der Waals surface area contributed by atoms with Gasteiger partial charge in [0.2, 0.25) is 0 Å². The van der Waals surface area contributed by atoms with Crippen molar-refractivity contribution in [3.05, 3.63) is 0 Å². The first-order chi connectivity index (χ1) is 6.44. The van der Waals surface area contributed by atoms with E-state index in [4.69, 9.17) is 4.74 Å². The summed E-state index contributed by atoms with van der Waals surface area (Å²) >= 11 is 0. The molecule has 0 amide bonds. The first-order valence-electron chi connectivity index (χ1n) is 4.39. The molecule has 0 aromatic heterocycles. The highest BCUT2D eigenvalue weighted by Crippen LogP contribution is 2.26. The third kappa shape index (κ3) is 4.76. The quantitative estimate of drug-likeness (QED) is 0.483. The summed E-state index contributed by atoms with van der Waals surface area (Å²) in [5.41, 5.74) is 0. The smallest absolute Gasteiger partial charge is 0.352 e. The predicted molar refractivity (Wildman–Crippen MR) is 42.4 cm³/mol. The van der Waals surface area contributed by atoms with Gasteiger partial charge in [-0.25, -0.2) is 8.78 Å². The van der Waals surface area contributed by atoms with Crippen LogP contribution in [-0.4, -0.2) is 25.4 Å². The van der Waals surface area contributed by atoms with Gasteiger partial charge in [0.1, 0.15) is 0 Å². The molecule has 0 aliphatic carbocycles. The van der Waals surface area contributed by atoms with Crippen LogP contribution in [-0.2, 0) is 9.47 Å². The molecule has 0 saturated heterocycles. The zero-order valence-electron chi connectivity index (χ0n) is 8.10. The van der Waals surface area contributed by atoms with Gasteiger partial charge in [-0.1, -0.05) is 13.8 Å². The minimum absolute atomic E-state index is 0.0995. The van der Waals surface area contributed by atoms with Crippen molar-refractivity contribution >= 4 is 0 Å². The predicted octanol–water partition coefficient (Wildman–Crippen LogP) is 3.02. The Morgan fingerprint density at radius 2 is 1.79 bits per heavy atom. The van der Waals surface area contributed by atoms with Crippen molar-refractivity contribution in [2.75, 3.05) is 6.61 Å². The van der Waals surface area contributed by atoms with Crippen LogP contribution in [0.2, 0.25) is 0 Å². The Balaban J connectivity index is 4.02. The number of rotatable bonds is 7. The largest absolute Gasteiger partial charge is 0.418 e. The molecule has 0 spiro atoms. The van der Waals surface area contributed by atoms with E-state index in [1.54, 1.807) is 6.92 Å². The first-order valence-corrected chi connectivity index (χ1v) is 4.39. The lowest BCUT2D eigenvalue weighted by atomic mass is 10.4. The minimum atomic E-state index is -4.44. The lowest BCUT2D eigenvalue weighted by Crippen LogP contribution is -2.36. The molecule has 0 aromatic carbocycles. The summed E-state index contributed by atoms with van der Waals surface area (Å²) in [5.74, 6) is 0. The number of halogens is 4. The maximum atomic E-state index is 12.4. The number of hydrogen-bond donors (Lipinski definition) is 0. The summed E-state index contributed by atoms with van der Waals surface area (Å²) < 4.78 is 56.8. The van der Waals surface area contributed by atoms with E-state index in [-0.39, 0.29) is 13.0 Å². The fourth-order valence-electron chi connectivity index (χ4n) is 0.711. The molecule has 0 saturated carbocycles. The molecule has 0 heterocycles. The van der Waals surface area contributed by atoms with Crippen molar-refractivity contribution in [3.8, 4) is 0 Å². The van der Waals surface area contributed by atoms with Gasteiger partial charge < -0.3 is 4.74 Å². The molecule has 1 atom stereocenters. The molecule has 0 fully saturated rings. The lowest BCUT2D eigenvalue weighted by Gasteiger charge is -2.22. The van der Waals surface area contributed by atoms with Crippen molar-refractivity contribution < 1.29 is 27.0 Å². The van der Waals surface area contributed by atoms with Crippen LogP contribution in [0.15, 0.2) is 0 Å². The van der Waals surface area contributed by atoms with Gasteiger partial charge in [-0.15, -0.1) is 0 Å². The van der Waals surface area contributed by atoms with Gasteiger partial charge in [0.15, 0.2) is 6.29 Å². The van der Waals surface area contributed by atoms with E-state index < -0.39 is 18.8 Å². The van der Waals surface area contributed by atoms with Crippen molar-refractivity contribution in [3.63, 3.8) is 0 Å². The maximum absolute atomic E-state index is 12.4. The Hall–Kier alpha value is -0.360. The van der Waals surface area contributed by atoms with E-state index in [2.05, 4.69) is 4.74 Å². The van der Waals surface area contributed by atoms with E-state index in [0.29, 0.717) is 6.42 Å². The monoisotopic (exact) mass is 218 g/mol. The van der Waals surface area contributed by atoms with E-state index in [1.165, 1.54) is 6.92 Å². The Morgan fingerprint density at radius 3 is 2.14 bits per heavy atom.